The molecule has 0 spiro atoms. The van der Waals surface area contributed by atoms with E-state index in [2.05, 4.69) is 10.1 Å². The van der Waals surface area contributed by atoms with E-state index in [0.29, 0.717) is 0 Å². The highest BCUT2D eigenvalue weighted by Gasteiger charge is 2.23. The molecule has 0 saturated heterocycles. The summed E-state index contributed by atoms with van der Waals surface area (Å²) in [4.78, 5) is 24.1. The van der Waals surface area contributed by atoms with Gasteiger partial charge in [-0.1, -0.05) is 12.1 Å². The molecule has 0 unspecified atom stereocenters. The van der Waals surface area contributed by atoms with Crippen molar-refractivity contribution >= 4 is 17.6 Å². The number of hydrogen-bond donors (Lipinski definition) is 1. The minimum absolute atomic E-state index is 0.315. The molecule has 0 heterocycles. The fourth-order valence-electron chi connectivity index (χ4n) is 1.94. The van der Waals surface area contributed by atoms with Crippen LogP contribution in [0.15, 0.2) is 42.5 Å². The number of rotatable bonds is 6. The Balaban J connectivity index is 2.07. The first kappa shape index (κ1) is 19.2. The number of carbonyl (C=O) groups excluding carboxylic acids is 2. The summed E-state index contributed by atoms with van der Waals surface area (Å²) in [6, 6.07) is 7.52. The van der Waals surface area contributed by atoms with Crippen molar-refractivity contribution in [3.63, 3.8) is 0 Å². The first-order valence-corrected chi connectivity index (χ1v) is 7.28. The van der Waals surface area contributed by atoms with Crippen molar-refractivity contribution in [1.29, 1.82) is 0 Å². The molecule has 0 aliphatic rings. The van der Waals surface area contributed by atoms with Gasteiger partial charge in [0, 0.05) is 6.07 Å². The van der Waals surface area contributed by atoms with Crippen molar-refractivity contribution in [3.8, 4) is 5.75 Å². The third-order valence-electron chi connectivity index (χ3n) is 3.16. The van der Waals surface area contributed by atoms with E-state index in [0.717, 1.165) is 24.3 Å². The van der Waals surface area contributed by atoms with Crippen LogP contribution in [0.4, 0.5) is 23.2 Å². The van der Waals surface area contributed by atoms with E-state index >= 15 is 0 Å². The molecule has 2 aromatic rings. The van der Waals surface area contributed by atoms with Gasteiger partial charge in [-0.15, -0.1) is 0 Å². The van der Waals surface area contributed by atoms with Crippen molar-refractivity contribution in [1.82, 2.24) is 0 Å². The predicted octanol–water partition coefficient (Wildman–Crippen LogP) is 3.75. The van der Waals surface area contributed by atoms with Crippen LogP contribution in [0.3, 0.4) is 0 Å². The molecule has 0 aliphatic carbocycles. The lowest BCUT2D eigenvalue weighted by molar-refractivity contribution is -0.123. The Morgan fingerprint density at radius 3 is 2.46 bits per heavy atom. The van der Waals surface area contributed by atoms with Crippen molar-refractivity contribution in [3.05, 3.63) is 59.7 Å². The van der Waals surface area contributed by atoms with Crippen LogP contribution in [0.5, 0.6) is 5.75 Å². The number of para-hydroxylation sites is 1. The summed E-state index contributed by atoms with van der Waals surface area (Å²) in [7, 11) is 0. The van der Waals surface area contributed by atoms with Gasteiger partial charge in [-0.05, 0) is 31.2 Å². The van der Waals surface area contributed by atoms with Crippen molar-refractivity contribution in [2.24, 2.45) is 0 Å². The SMILES string of the molecule is C[C@H](OC(=O)c1ccccc1OC(F)F)C(=O)Nc1cc(F)ccc1F. The third-order valence-corrected chi connectivity index (χ3v) is 3.16. The van der Waals surface area contributed by atoms with E-state index < -0.39 is 47.7 Å². The molecule has 9 heteroatoms. The van der Waals surface area contributed by atoms with Crippen LogP contribution in [-0.4, -0.2) is 24.6 Å². The zero-order valence-electron chi connectivity index (χ0n) is 13.3. The quantitative estimate of drug-likeness (QED) is 0.621. The van der Waals surface area contributed by atoms with Crippen LogP contribution in [-0.2, 0) is 9.53 Å². The van der Waals surface area contributed by atoms with Crippen LogP contribution < -0.4 is 10.1 Å². The third kappa shape index (κ3) is 4.95. The summed E-state index contributed by atoms with van der Waals surface area (Å²) >= 11 is 0. The Morgan fingerprint density at radius 2 is 1.77 bits per heavy atom. The van der Waals surface area contributed by atoms with Gasteiger partial charge in [-0.3, -0.25) is 4.79 Å². The van der Waals surface area contributed by atoms with Crippen molar-refractivity contribution in [2.75, 3.05) is 5.32 Å². The highest BCUT2D eigenvalue weighted by molar-refractivity contribution is 5.98. The number of esters is 1. The van der Waals surface area contributed by atoms with Gasteiger partial charge in [0.05, 0.1) is 5.69 Å². The fourth-order valence-corrected chi connectivity index (χ4v) is 1.94. The highest BCUT2D eigenvalue weighted by Crippen LogP contribution is 2.22. The van der Waals surface area contributed by atoms with Crippen LogP contribution in [0.25, 0.3) is 0 Å². The molecule has 1 atom stereocenters. The maximum Gasteiger partial charge on any atom is 0.387 e. The number of anilines is 1. The summed E-state index contributed by atoms with van der Waals surface area (Å²) in [6.07, 6.45) is -1.41. The number of benzene rings is 2. The minimum Gasteiger partial charge on any atom is -0.449 e. The Labute approximate surface area is 145 Å². The second kappa shape index (κ2) is 8.32. The van der Waals surface area contributed by atoms with E-state index in [4.69, 9.17) is 4.74 Å². The lowest BCUT2D eigenvalue weighted by Crippen LogP contribution is -2.30. The van der Waals surface area contributed by atoms with E-state index in [1.807, 2.05) is 0 Å². The monoisotopic (exact) mass is 371 g/mol. The number of nitrogens with one attached hydrogen (secondary N) is 1. The standard InChI is InChI=1S/C17H13F4NO4/c1-9(15(23)22-13-8-10(18)6-7-12(13)19)25-16(24)11-4-2-3-5-14(11)26-17(20)21/h2-9,17H,1H3,(H,22,23)/t9-/m0/s1. The first-order chi connectivity index (χ1) is 12.3. The molecule has 2 aromatic carbocycles. The predicted molar refractivity (Wildman–Crippen MR) is 82.9 cm³/mol. The smallest absolute Gasteiger partial charge is 0.387 e. The van der Waals surface area contributed by atoms with Gasteiger partial charge in [0.2, 0.25) is 0 Å². The molecule has 0 aromatic heterocycles. The van der Waals surface area contributed by atoms with Gasteiger partial charge < -0.3 is 14.8 Å². The van der Waals surface area contributed by atoms with E-state index in [1.54, 1.807) is 0 Å². The minimum atomic E-state index is -3.15. The van der Waals surface area contributed by atoms with Gasteiger partial charge in [0.25, 0.3) is 5.91 Å². The molecule has 0 saturated carbocycles. The first-order valence-electron chi connectivity index (χ1n) is 7.28. The summed E-state index contributed by atoms with van der Waals surface area (Å²) < 4.78 is 60.4. The molecule has 26 heavy (non-hydrogen) atoms. The number of ether oxygens (including phenoxy) is 2. The van der Waals surface area contributed by atoms with Gasteiger partial charge in [0.1, 0.15) is 22.9 Å². The fraction of sp³-hybridized carbons (Fsp3) is 0.176. The maximum atomic E-state index is 13.5. The molecular weight excluding hydrogens is 358 g/mol. The average Bonchev–Trinajstić information content (AvgIpc) is 2.57. The van der Waals surface area contributed by atoms with Gasteiger partial charge in [-0.25, -0.2) is 13.6 Å². The number of carbonyl (C=O) groups is 2. The molecule has 5 nitrogen and oxygen atoms in total. The van der Waals surface area contributed by atoms with Crippen LogP contribution in [0, 0.1) is 11.6 Å². The topological polar surface area (TPSA) is 64.6 Å². The van der Waals surface area contributed by atoms with Crippen molar-refractivity contribution < 1.29 is 36.6 Å². The van der Waals surface area contributed by atoms with Gasteiger partial charge in [-0.2, -0.15) is 8.78 Å². The summed E-state index contributed by atoms with van der Waals surface area (Å²) in [5.74, 6) is -4.10. The number of alkyl halides is 2. The van der Waals surface area contributed by atoms with Crippen LogP contribution in [0.2, 0.25) is 0 Å². The second-order valence-electron chi connectivity index (χ2n) is 5.04. The molecule has 0 fully saturated rings. The van der Waals surface area contributed by atoms with Crippen molar-refractivity contribution in [2.45, 2.75) is 19.6 Å². The lowest BCUT2D eigenvalue weighted by atomic mass is 10.2. The molecule has 0 aliphatic heterocycles. The zero-order valence-corrected chi connectivity index (χ0v) is 13.3. The lowest BCUT2D eigenvalue weighted by Gasteiger charge is -2.15. The van der Waals surface area contributed by atoms with Gasteiger partial charge in [0.15, 0.2) is 6.10 Å². The van der Waals surface area contributed by atoms with Gasteiger partial charge >= 0.3 is 12.6 Å². The molecule has 138 valence electrons. The average molecular weight is 371 g/mol. The highest BCUT2D eigenvalue weighted by atomic mass is 19.3. The van der Waals surface area contributed by atoms with E-state index in [9.17, 15) is 27.2 Å². The zero-order chi connectivity index (χ0) is 19.3. The van der Waals surface area contributed by atoms with Crippen LogP contribution >= 0.6 is 0 Å². The largest absolute Gasteiger partial charge is 0.449 e. The van der Waals surface area contributed by atoms with E-state index in [-0.39, 0.29) is 5.56 Å². The summed E-state index contributed by atoms with van der Waals surface area (Å²) in [6.45, 7) is -1.97. The van der Waals surface area contributed by atoms with Crippen LogP contribution in [0.1, 0.15) is 17.3 Å². The second-order valence-corrected chi connectivity index (χ2v) is 5.04. The molecule has 1 amide bonds. The Hall–Kier alpha value is -3.10. The Morgan fingerprint density at radius 1 is 1.08 bits per heavy atom. The molecule has 1 N–H and O–H groups in total. The summed E-state index contributed by atoms with van der Waals surface area (Å²) in [5, 5.41) is 2.07. The molecule has 0 bridgehead atoms. The maximum absolute atomic E-state index is 13.5. The number of hydrogen-bond acceptors (Lipinski definition) is 4. The number of amides is 1. The Bertz CT molecular complexity index is 813. The number of halogens is 4. The molecule has 0 radical (unpaired) electrons. The van der Waals surface area contributed by atoms with E-state index in [1.165, 1.54) is 25.1 Å². The molecular formula is C17H13F4NO4. The molecule has 2 rings (SSSR count). The normalized spacial score (nSPS) is 11.8. The summed E-state index contributed by atoms with van der Waals surface area (Å²) in [5.41, 5.74) is -0.747. The Kier molecular flexibility index (Phi) is 6.16.